The number of rotatable bonds is 34. The number of hydrogen-bond donors (Lipinski definition) is 2. The first-order valence-electron chi connectivity index (χ1n) is 20.4. The number of phosphoric ester groups is 1. The Kier molecular flexibility index (Phi) is 34.5. The van der Waals surface area contributed by atoms with Crippen molar-refractivity contribution < 1.29 is 32.9 Å². The molecule has 3 unspecified atom stereocenters. The number of amides is 1. The van der Waals surface area contributed by atoms with E-state index in [1.807, 2.05) is 27.2 Å². The van der Waals surface area contributed by atoms with Gasteiger partial charge in [-0.25, -0.2) is 0 Å². The Morgan fingerprint density at radius 2 is 1.07 bits per heavy atom. The molecule has 0 aliphatic heterocycles. The van der Waals surface area contributed by atoms with Crippen LogP contribution in [0.4, 0.5) is 0 Å². The molecule has 8 nitrogen and oxygen atoms in total. The Bertz CT molecular complexity index is 1300. The third-order valence-corrected chi connectivity index (χ3v) is 8.89. The van der Waals surface area contributed by atoms with Gasteiger partial charge in [0.25, 0.3) is 7.82 Å². The Morgan fingerprint density at radius 3 is 1.49 bits per heavy atom. The first kappa shape index (κ1) is 51.9. The lowest BCUT2D eigenvalue weighted by molar-refractivity contribution is -0.870. The number of nitrogens with zero attached hydrogens (tertiary/aromatic N) is 1. The molecule has 55 heavy (non-hydrogen) atoms. The van der Waals surface area contributed by atoms with Gasteiger partial charge in [-0.1, -0.05) is 148 Å². The molecule has 0 aliphatic rings. The minimum absolute atomic E-state index is 0.0210. The maximum atomic E-state index is 12.7. The number of carbonyl (C=O) groups excluding carboxylic acids is 1. The molecule has 9 heteroatoms. The molecule has 0 aliphatic carbocycles. The van der Waals surface area contributed by atoms with E-state index in [1.165, 1.54) is 0 Å². The number of aliphatic hydroxyl groups excluding tert-OH is 1. The van der Waals surface area contributed by atoms with Crippen LogP contribution in [0.2, 0.25) is 0 Å². The average molecular weight is 783 g/mol. The number of unbranched alkanes of at least 4 members (excludes halogenated alkanes) is 3. The average Bonchev–Trinajstić information content (AvgIpc) is 3.13. The van der Waals surface area contributed by atoms with Gasteiger partial charge < -0.3 is 28.8 Å². The molecule has 0 rings (SSSR count). The van der Waals surface area contributed by atoms with Gasteiger partial charge in [0.1, 0.15) is 13.2 Å². The first-order chi connectivity index (χ1) is 26.5. The second kappa shape index (κ2) is 36.5. The van der Waals surface area contributed by atoms with Crippen LogP contribution in [0.5, 0.6) is 0 Å². The summed E-state index contributed by atoms with van der Waals surface area (Å²) in [6.07, 6.45) is 54.7. The number of aliphatic hydroxyl groups is 1. The summed E-state index contributed by atoms with van der Waals surface area (Å²) in [6, 6.07) is -0.921. The van der Waals surface area contributed by atoms with E-state index in [1.54, 1.807) is 6.08 Å². The monoisotopic (exact) mass is 783 g/mol. The van der Waals surface area contributed by atoms with E-state index in [2.05, 4.69) is 129 Å². The highest BCUT2D eigenvalue weighted by molar-refractivity contribution is 7.45. The van der Waals surface area contributed by atoms with Gasteiger partial charge in [-0.05, 0) is 77.0 Å². The number of allylic oxidation sites excluding steroid dienone is 19. The molecule has 0 aromatic heterocycles. The summed E-state index contributed by atoms with van der Waals surface area (Å²) in [5.41, 5.74) is 0. The van der Waals surface area contributed by atoms with Crippen molar-refractivity contribution in [2.45, 2.75) is 122 Å². The number of nitrogens with one attached hydrogen (secondary N) is 1. The summed E-state index contributed by atoms with van der Waals surface area (Å²) in [5, 5.41) is 13.4. The van der Waals surface area contributed by atoms with Gasteiger partial charge in [0.2, 0.25) is 5.91 Å². The van der Waals surface area contributed by atoms with Crippen LogP contribution >= 0.6 is 7.82 Å². The van der Waals surface area contributed by atoms with E-state index in [-0.39, 0.29) is 18.9 Å². The first-order valence-corrected chi connectivity index (χ1v) is 21.9. The zero-order valence-electron chi connectivity index (χ0n) is 34.8. The Labute approximate surface area is 335 Å². The Balaban J connectivity index is 4.23. The molecule has 1 amide bonds. The van der Waals surface area contributed by atoms with E-state index >= 15 is 0 Å². The molecule has 0 saturated carbocycles. The van der Waals surface area contributed by atoms with Gasteiger partial charge in [0, 0.05) is 6.42 Å². The van der Waals surface area contributed by atoms with Crippen molar-refractivity contribution in [1.82, 2.24) is 5.32 Å². The van der Waals surface area contributed by atoms with Crippen molar-refractivity contribution in [2.24, 2.45) is 0 Å². The number of phosphoric acid groups is 1. The standard InChI is InChI=1S/C46H75N2O6P/c1-6-8-10-12-13-14-15-16-17-18-19-20-21-22-23-24-25-26-27-28-29-30-31-32-33-34-35-36-38-40-46(50)47-44(45(49)39-37-11-9-7-2)43-54-55(51,52)53-42-41-48(3,4)5/h8,10,13-14,16-17,19-20,22-23,25-26,28-29,31-32,34-35,37,39,44-45,49H,6-7,9,11-12,15,18,21,24,27,30,33,36,38,40-43H2,1-5H3,(H-,47,50,51,52)/b10-8-,14-13-,17-16-,20-19-,23-22-,26-25-,29-28-,32-31-,35-34-,39-37+. The summed E-state index contributed by atoms with van der Waals surface area (Å²) >= 11 is 0. The topological polar surface area (TPSA) is 108 Å². The largest absolute Gasteiger partial charge is 0.756 e. The predicted octanol–water partition coefficient (Wildman–Crippen LogP) is 10.5. The lowest BCUT2D eigenvalue weighted by Gasteiger charge is -2.29. The van der Waals surface area contributed by atoms with Crippen molar-refractivity contribution in [2.75, 3.05) is 40.9 Å². The minimum Gasteiger partial charge on any atom is -0.756 e. The molecule has 2 N–H and O–H groups in total. The third-order valence-electron chi connectivity index (χ3n) is 7.93. The van der Waals surface area contributed by atoms with E-state index in [9.17, 15) is 19.4 Å². The van der Waals surface area contributed by atoms with Crippen molar-refractivity contribution in [3.63, 3.8) is 0 Å². The molecule has 0 aromatic carbocycles. The number of hydrogen-bond acceptors (Lipinski definition) is 6. The fraction of sp³-hybridized carbons (Fsp3) is 0.543. The van der Waals surface area contributed by atoms with Gasteiger partial charge in [-0.15, -0.1) is 0 Å². The van der Waals surface area contributed by atoms with E-state index in [0.29, 0.717) is 17.4 Å². The number of quaternary nitrogens is 1. The Hall–Kier alpha value is -3.10. The van der Waals surface area contributed by atoms with Crippen LogP contribution in [0.25, 0.3) is 0 Å². The van der Waals surface area contributed by atoms with Crippen molar-refractivity contribution in [3.05, 3.63) is 122 Å². The summed E-state index contributed by atoms with van der Waals surface area (Å²) in [7, 11) is 1.19. The molecular weight excluding hydrogens is 707 g/mol. The van der Waals surface area contributed by atoms with Crippen molar-refractivity contribution in [3.8, 4) is 0 Å². The highest BCUT2D eigenvalue weighted by atomic mass is 31.2. The third kappa shape index (κ3) is 39.0. The second-order valence-electron chi connectivity index (χ2n) is 14.3. The lowest BCUT2D eigenvalue weighted by atomic mass is 10.1. The fourth-order valence-electron chi connectivity index (χ4n) is 4.66. The normalized spacial score (nSPS) is 15.7. The van der Waals surface area contributed by atoms with Crippen LogP contribution in [0, 0.1) is 0 Å². The van der Waals surface area contributed by atoms with Crippen LogP contribution in [0.15, 0.2) is 122 Å². The molecule has 0 heterocycles. The molecule has 0 aromatic rings. The molecular formula is C46H75N2O6P. The predicted molar refractivity (Wildman–Crippen MR) is 232 cm³/mol. The lowest BCUT2D eigenvalue weighted by Crippen LogP contribution is -2.45. The van der Waals surface area contributed by atoms with Crippen molar-refractivity contribution in [1.29, 1.82) is 0 Å². The van der Waals surface area contributed by atoms with Crippen LogP contribution in [-0.4, -0.2) is 68.5 Å². The van der Waals surface area contributed by atoms with Crippen LogP contribution < -0.4 is 10.2 Å². The summed E-state index contributed by atoms with van der Waals surface area (Å²) in [6.45, 7) is 4.27. The molecule has 0 saturated heterocycles. The SMILES string of the molecule is CC/C=C\C/C=C\C/C=C\C/C=C\C/C=C\C/C=C\C/C=C\C/C=C\C/C=C\CCCC(=O)NC(COP(=O)([O-])OCC[N+](C)(C)C)C(O)/C=C/CCCC. The van der Waals surface area contributed by atoms with Gasteiger partial charge in [0.15, 0.2) is 0 Å². The smallest absolute Gasteiger partial charge is 0.268 e. The summed E-state index contributed by atoms with van der Waals surface area (Å²) in [5.74, 6) is -0.273. The fourth-order valence-corrected chi connectivity index (χ4v) is 5.39. The highest BCUT2D eigenvalue weighted by Gasteiger charge is 2.23. The minimum atomic E-state index is -4.59. The van der Waals surface area contributed by atoms with Crippen LogP contribution in [0.3, 0.4) is 0 Å². The zero-order chi connectivity index (χ0) is 40.7. The Morgan fingerprint density at radius 1 is 0.655 bits per heavy atom. The van der Waals surface area contributed by atoms with Gasteiger partial charge in [-0.3, -0.25) is 9.36 Å². The molecule has 310 valence electrons. The number of likely N-dealkylation sites (N-methyl/N-ethyl adjacent to an activating group) is 1. The van der Waals surface area contributed by atoms with Gasteiger partial charge in [0.05, 0.1) is 39.9 Å². The van der Waals surface area contributed by atoms with E-state index in [0.717, 1.165) is 83.5 Å². The highest BCUT2D eigenvalue weighted by Crippen LogP contribution is 2.38. The molecule has 0 radical (unpaired) electrons. The maximum Gasteiger partial charge on any atom is 0.268 e. The second-order valence-corrected chi connectivity index (χ2v) is 15.7. The van der Waals surface area contributed by atoms with Crippen molar-refractivity contribution >= 4 is 13.7 Å². The molecule has 0 bridgehead atoms. The summed E-state index contributed by atoms with van der Waals surface area (Å²) < 4.78 is 22.8. The quantitative estimate of drug-likeness (QED) is 0.0291. The zero-order valence-corrected chi connectivity index (χ0v) is 35.7. The van der Waals surface area contributed by atoms with Gasteiger partial charge >= 0.3 is 0 Å². The van der Waals surface area contributed by atoms with Gasteiger partial charge in [-0.2, -0.15) is 0 Å². The molecule has 0 fully saturated rings. The maximum absolute atomic E-state index is 12.7. The van der Waals surface area contributed by atoms with Crippen LogP contribution in [-0.2, 0) is 18.4 Å². The molecule has 0 spiro atoms. The van der Waals surface area contributed by atoms with E-state index < -0.39 is 26.6 Å². The van der Waals surface area contributed by atoms with E-state index in [4.69, 9.17) is 9.05 Å². The molecule has 3 atom stereocenters. The van der Waals surface area contributed by atoms with Crippen LogP contribution in [0.1, 0.15) is 110 Å². The summed E-state index contributed by atoms with van der Waals surface area (Å²) in [4.78, 5) is 24.9. The number of carbonyl (C=O) groups is 1.